The molecule has 3 aliphatic rings. The molecule has 2 aliphatic heterocycles. The Morgan fingerprint density at radius 2 is 1.64 bits per heavy atom. The third-order valence-electron chi connectivity index (χ3n) is 8.19. The molecule has 1 amide bonds. The van der Waals surface area contributed by atoms with E-state index in [1.165, 1.54) is 30.1 Å². The van der Waals surface area contributed by atoms with Gasteiger partial charge in [0.25, 0.3) is 5.91 Å². The summed E-state index contributed by atoms with van der Waals surface area (Å²) in [5.41, 5.74) is 2.68. The smallest absolute Gasteiger partial charge is 0.257 e. The fourth-order valence-electron chi connectivity index (χ4n) is 6.19. The highest BCUT2D eigenvalue weighted by atomic mass is 19.1. The molecular weight excluding hydrogens is 631 g/mol. The molecule has 1 saturated heterocycles. The number of nitrogens with zero attached hydrogens (tertiary/aromatic N) is 5. The van der Waals surface area contributed by atoms with Gasteiger partial charge in [-0.05, 0) is 57.9 Å². The number of ether oxygens (including phenoxy) is 2. The summed E-state index contributed by atoms with van der Waals surface area (Å²) in [5.74, 6) is 1.56. The van der Waals surface area contributed by atoms with Crippen LogP contribution in [0.1, 0.15) is 124 Å². The third kappa shape index (κ3) is 10.9. The van der Waals surface area contributed by atoms with Gasteiger partial charge >= 0.3 is 0 Å². The molecule has 50 heavy (non-hydrogen) atoms. The Bertz CT molecular complexity index is 1410. The van der Waals surface area contributed by atoms with E-state index >= 15 is 0 Å². The number of carbonyl (C=O) groups excluding carboxylic acids is 1. The number of benzene rings is 1. The third-order valence-corrected chi connectivity index (χ3v) is 8.19. The lowest BCUT2D eigenvalue weighted by molar-refractivity contribution is -0.0349. The van der Waals surface area contributed by atoms with Gasteiger partial charge in [0.15, 0.2) is 11.6 Å². The van der Waals surface area contributed by atoms with Crippen molar-refractivity contribution in [3.63, 3.8) is 0 Å². The van der Waals surface area contributed by atoms with Crippen molar-refractivity contribution in [2.75, 3.05) is 31.1 Å². The molecule has 2 fully saturated rings. The van der Waals surface area contributed by atoms with Crippen LogP contribution in [0.25, 0.3) is 0 Å². The van der Waals surface area contributed by atoms with E-state index in [9.17, 15) is 9.18 Å². The number of hydrogen-bond donors (Lipinski definition) is 1. The molecule has 1 saturated carbocycles. The molecule has 3 aromatic rings. The Morgan fingerprint density at radius 1 is 0.980 bits per heavy atom. The zero-order valence-electron chi connectivity index (χ0n) is 33.2. The molecule has 10 heteroatoms. The number of nitrogens with one attached hydrogen (secondary N) is 1. The molecule has 1 aliphatic carbocycles. The molecule has 0 bridgehead atoms. The monoisotopic (exact) mass is 697 g/mol. The van der Waals surface area contributed by atoms with Gasteiger partial charge in [0.2, 0.25) is 0 Å². The van der Waals surface area contributed by atoms with Gasteiger partial charge in [-0.15, -0.1) is 0 Å². The normalized spacial score (nSPS) is 14.7. The molecule has 0 unspecified atom stereocenters. The first kappa shape index (κ1) is 44.2. The highest BCUT2D eigenvalue weighted by molar-refractivity contribution is 5.97. The van der Waals surface area contributed by atoms with Crippen LogP contribution in [0.4, 0.5) is 10.2 Å². The maximum atomic E-state index is 14.2. The summed E-state index contributed by atoms with van der Waals surface area (Å²) in [6, 6.07) is 5.97. The Hall–Kier alpha value is -3.79. The summed E-state index contributed by atoms with van der Waals surface area (Å²) in [6.45, 7) is 29.7. The van der Waals surface area contributed by atoms with Crippen molar-refractivity contribution < 1.29 is 18.7 Å². The number of amides is 1. The highest BCUT2D eigenvalue weighted by Gasteiger charge is 2.54. The molecule has 1 spiro atoms. The minimum atomic E-state index is -0.491. The van der Waals surface area contributed by atoms with Crippen molar-refractivity contribution in [3.8, 4) is 17.2 Å². The van der Waals surface area contributed by atoms with Gasteiger partial charge in [-0.3, -0.25) is 9.78 Å². The molecule has 0 atom stereocenters. The van der Waals surface area contributed by atoms with E-state index in [0.29, 0.717) is 18.1 Å². The topological polar surface area (TPSA) is 92.7 Å². The molecule has 0 radical (unpaired) electrons. The maximum Gasteiger partial charge on any atom is 0.257 e. The molecule has 280 valence electrons. The minimum Gasteiger partial charge on any atom is -0.490 e. The molecule has 6 rings (SSSR count). The fourth-order valence-corrected chi connectivity index (χ4v) is 6.19. The predicted octanol–water partition coefficient (Wildman–Crippen LogP) is 9.50. The maximum absolute atomic E-state index is 14.2. The Morgan fingerprint density at radius 3 is 2.26 bits per heavy atom. The van der Waals surface area contributed by atoms with Crippen molar-refractivity contribution in [2.24, 2.45) is 5.41 Å². The zero-order valence-corrected chi connectivity index (χ0v) is 33.2. The van der Waals surface area contributed by atoms with Gasteiger partial charge in [0.1, 0.15) is 29.7 Å². The molecule has 1 aromatic carbocycles. The largest absolute Gasteiger partial charge is 0.490 e. The average molecular weight is 697 g/mol. The number of pyridine rings is 1. The quantitative estimate of drug-likeness (QED) is 0.249. The number of rotatable bonds is 8. The Labute approximate surface area is 302 Å². The van der Waals surface area contributed by atoms with Gasteiger partial charge in [-0.25, -0.2) is 14.4 Å². The fraction of sp³-hybridized carbons (Fsp3) is 0.600. The van der Waals surface area contributed by atoms with Gasteiger partial charge in [0, 0.05) is 68.1 Å². The van der Waals surface area contributed by atoms with Crippen LogP contribution in [0.15, 0.2) is 43.0 Å². The molecule has 2 aromatic heterocycles. The number of anilines is 1. The van der Waals surface area contributed by atoms with Crippen LogP contribution in [0.2, 0.25) is 0 Å². The molecule has 4 heterocycles. The molecular formula is C40H65FN6O3. The van der Waals surface area contributed by atoms with Gasteiger partial charge in [0.05, 0.1) is 11.8 Å². The predicted molar refractivity (Wildman–Crippen MR) is 205 cm³/mol. The first-order valence-electron chi connectivity index (χ1n) is 19.0. The number of hydrogen-bond acceptors (Lipinski definition) is 8. The number of aromatic nitrogens is 3. The van der Waals surface area contributed by atoms with Gasteiger partial charge < -0.3 is 24.6 Å². The lowest BCUT2D eigenvalue weighted by Crippen LogP contribution is -2.65. The minimum absolute atomic E-state index is 0.0301. The van der Waals surface area contributed by atoms with Crippen LogP contribution in [-0.2, 0) is 13.0 Å². The van der Waals surface area contributed by atoms with Crippen molar-refractivity contribution >= 4 is 11.7 Å². The standard InChI is InChI=1S/C30H35FN6O3.5C2H6/c1-4-37(19(2)3)29(38)22-11-20(31)5-6-25(22)40-27-15-33-18-35-28(27)36-16-30(17-36)12-21(13-30)39-26-8-10-34-24-7-9-32-14-23(24)26;5*1-2/h5-6,8,10-11,15,18-19,21,32H,4,7,9,12-14,16-17H2,1-3H3;5*1-2H3. The van der Waals surface area contributed by atoms with Crippen LogP contribution >= 0.6 is 0 Å². The molecule has 9 nitrogen and oxygen atoms in total. The summed E-state index contributed by atoms with van der Waals surface area (Å²) in [7, 11) is 0. The van der Waals surface area contributed by atoms with E-state index in [4.69, 9.17) is 9.47 Å². The van der Waals surface area contributed by atoms with Crippen molar-refractivity contribution in [1.29, 1.82) is 0 Å². The highest BCUT2D eigenvalue weighted by Crippen LogP contribution is 2.52. The van der Waals surface area contributed by atoms with Crippen LogP contribution in [0, 0.1) is 11.2 Å². The lowest BCUT2D eigenvalue weighted by atomic mass is 9.61. The summed E-state index contributed by atoms with van der Waals surface area (Å²) >= 11 is 0. The Kier molecular flexibility index (Phi) is 20.2. The second-order valence-electron chi connectivity index (χ2n) is 11.3. The van der Waals surface area contributed by atoms with Crippen LogP contribution < -0.4 is 19.7 Å². The van der Waals surface area contributed by atoms with Gasteiger partial charge in [-0.1, -0.05) is 69.2 Å². The van der Waals surface area contributed by atoms with E-state index < -0.39 is 5.82 Å². The van der Waals surface area contributed by atoms with E-state index in [1.54, 1.807) is 11.1 Å². The summed E-state index contributed by atoms with van der Waals surface area (Å²) < 4.78 is 26.8. The Balaban J connectivity index is 0.00000115. The van der Waals surface area contributed by atoms with E-state index in [-0.39, 0.29) is 34.8 Å². The second-order valence-corrected chi connectivity index (χ2v) is 11.3. The first-order chi connectivity index (χ1) is 24.4. The van der Waals surface area contributed by atoms with Crippen LogP contribution in [-0.4, -0.2) is 64.1 Å². The van der Waals surface area contributed by atoms with Crippen molar-refractivity contribution in [3.05, 3.63) is 65.6 Å². The first-order valence-corrected chi connectivity index (χ1v) is 19.0. The van der Waals surface area contributed by atoms with Crippen LogP contribution in [0.3, 0.4) is 0 Å². The van der Waals surface area contributed by atoms with Gasteiger partial charge in [-0.2, -0.15) is 0 Å². The number of fused-ring (bicyclic) bond motifs is 1. The second kappa shape index (κ2) is 22.8. The lowest BCUT2D eigenvalue weighted by Gasteiger charge is -2.59. The average Bonchev–Trinajstić information content (AvgIpc) is 3.14. The van der Waals surface area contributed by atoms with E-state index in [1.807, 2.05) is 102 Å². The van der Waals surface area contributed by atoms with Crippen LogP contribution in [0.5, 0.6) is 17.2 Å². The summed E-state index contributed by atoms with van der Waals surface area (Å²) in [4.78, 5) is 30.3. The van der Waals surface area contributed by atoms with E-state index in [2.05, 4.69) is 25.2 Å². The number of halogens is 1. The zero-order chi connectivity index (χ0) is 37.9. The van der Waals surface area contributed by atoms with E-state index in [0.717, 1.165) is 56.9 Å². The van der Waals surface area contributed by atoms with Crippen molar-refractivity contribution in [1.82, 2.24) is 25.2 Å². The SMILES string of the molecule is CC.CC.CC.CC.CC.CCN(C(=O)c1cc(F)ccc1Oc1cncnc1N1CC2(CC(Oc3ccnc4c3CNCC4)C2)C1)C(C)C. The van der Waals surface area contributed by atoms with Crippen molar-refractivity contribution in [2.45, 2.75) is 128 Å². The number of carbonyl (C=O) groups is 1. The summed E-state index contributed by atoms with van der Waals surface area (Å²) in [5, 5.41) is 3.41. The molecule has 1 N–H and O–H groups in total. The summed E-state index contributed by atoms with van der Waals surface area (Å²) in [6.07, 6.45) is 8.02.